The number of aryl methyl sites for hydroxylation is 1. The molecule has 0 saturated carbocycles. The lowest BCUT2D eigenvalue weighted by atomic mass is 9.87. The van der Waals surface area contributed by atoms with Crippen LogP contribution in [0.3, 0.4) is 0 Å². The van der Waals surface area contributed by atoms with E-state index < -0.39 is 0 Å². The van der Waals surface area contributed by atoms with Gasteiger partial charge in [-0.2, -0.15) is 0 Å². The summed E-state index contributed by atoms with van der Waals surface area (Å²) in [6, 6.07) is 22.3. The molecule has 0 spiro atoms. The molecule has 206 valence electrons. The SMILES string of the molecule is CCOC(=O)c1ccc(Nc2nc(-c3cccc(NC(=O)c4ccc(C(C)(C)C)cc4)c3)cn(C)c2=NC)cc1. The third-order valence-corrected chi connectivity index (χ3v) is 6.39. The predicted octanol–water partition coefficient (Wildman–Crippen LogP) is 6.09. The molecular weight excluding hydrogens is 502 g/mol. The van der Waals surface area contributed by atoms with E-state index in [1.165, 1.54) is 5.56 Å². The maximum Gasteiger partial charge on any atom is 0.338 e. The molecule has 4 aromatic rings. The molecule has 0 atom stereocenters. The van der Waals surface area contributed by atoms with Crippen molar-refractivity contribution in [3.8, 4) is 11.3 Å². The van der Waals surface area contributed by atoms with Gasteiger partial charge < -0.3 is 19.9 Å². The molecule has 4 rings (SSSR count). The fraction of sp³-hybridized carbons (Fsp3) is 0.250. The van der Waals surface area contributed by atoms with Crippen molar-refractivity contribution in [3.63, 3.8) is 0 Å². The zero-order valence-corrected chi connectivity index (χ0v) is 23.8. The average Bonchev–Trinajstić information content (AvgIpc) is 2.93. The number of nitrogens with one attached hydrogen (secondary N) is 2. The molecule has 0 saturated heterocycles. The predicted molar refractivity (Wildman–Crippen MR) is 159 cm³/mol. The smallest absolute Gasteiger partial charge is 0.338 e. The van der Waals surface area contributed by atoms with Gasteiger partial charge in [-0.25, -0.2) is 9.78 Å². The van der Waals surface area contributed by atoms with Crippen molar-refractivity contribution in [2.24, 2.45) is 12.0 Å². The first-order valence-electron chi connectivity index (χ1n) is 13.2. The fourth-order valence-electron chi connectivity index (χ4n) is 4.22. The lowest BCUT2D eigenvalue weighted by Gasteiger charge is -2.19. The second kappa shape index (κ2) is 12.0. The first kappa shape index (κ1) is 28.3. The first-order valence-corrected chi connectivity index (χ1v) is 13.2. The Hall–Kier alpha value is -4.72. The number of benzene rings is 3. The van der Waals surface area contributed by atoms with Gasteiger partial charge in [0.05, 0.1) is 17.9 Å². The van der Waals surface area contributed by atoms with Crippen LogP contribution in [0.1, 0.15) is 54.0 Å². The lowest BCUT2D eigenvalue weighted by molar-refractivity contribution is 0.0526. The average molecular weight is 538 g/mol. The minimum absolute atomic E-state index is 0.0207. The Morgan fingerprint density at radius 1 is 0.950 bits per heavy atom. The maximum atomic E-state index is 12.9. The van der Waals surface area contributed by atoms with E-state index in [4.69, 9.17) is 9.72 Å². The Morgan fingerprint density at radius 2 is 1.62 bits per heavy atom. The number of hydrogen-bond acceptors (Lipinski definition) is 6. The van der Waals surface area contributed by atoms with Crippen LogP contribution in [-0.2, 0) is 17.2 Å². The molecule has 0 aliphatic heterocycles. The summed E-state index contributed by atoms with van der Waals surface area (Å²) in [4.78, 5) is 34.2. The molecule has 0 radical (unpaired) electrons. The number of ether oxygens (including phenoxy) is 1. The topological polar surface area (TPSA) is 97.6 Å². The van der Waals surface area contributed by atoms with Crippen molar-refractivity contribution in [2.45, 2.75) is 33.1 Å². The maximum absolute atomic E-state index is 12.9. The quantitative estimate of drug-likeness (QED) is 0.278. The number of rotatable bonds is 7. The van der Waals surface area contributed by atoms with Gasteiger partial charge in [-0.3, -0.25) is 9.79 Å². The Bertz CT molecular complexity index is 1580. The highest BCUT2D eigenvalue weighted by atomic mass is 16.5. The molecule has 3 aromatic carbocycles. The van der Waals surface area contributed by atoms with Gasteiger partial charge >= 0.3 is 5.97 Å². The molecule has 0 aliphatic rings. The highest BCUT2D eigenvalue weighted by Gasteiger charge is 2.15. The zero-order valence-electron chi connectivity index (χ0n) is 23.8. The van der Waals surface area contributed by atoms with E-state index in [-0.39, 0.29) is 17.3 Å². The van der Waals surface area contributed by atoms with Gasteiger partial charge in [-0.15, -0.1) is 0 Å². The van der Waals surface area contributed by atoms with Crippen molar-refractivity contribution in [2.75, 3.05) is 24.3 Å². The van der Waals surface area contributed by atoms with Crippen molar-refractivity contribution < 1.29 is 14.3 Å². The summed E-state index contributed by atoms with van der Waals surface area (Å²) < 4.78 is 6.95. The summed E-state index contributed by atoms with van der Waals surface area (Å²) in [6.07, 6.45) is 1.89. The van der Waals surface area contributed by atoms with Crippen LogP contribution < -0.4 is 16.1 Å². The van der Waals surface area contributed by atoms with Gasteiger partial charge in [-0.1, -0.05) is 45.0 Å². The van der Waals surface area contributed by atoms with Crippen molar-refractivity contribution in [1.82, 2.24) is 9.55 Å². The Balaban J connectivity index is 1.57. The Morgan fingerprint density at radius 3 is 2.25 bits per heavy atom. The molecule has 2 N–H and O–H groups in total. The molecule has 0 unspecified atom stereocenters. The third-order valence-electron chi connectivity index (χ3n) is 6.39. The molecule has 1 amide bonds. The second-order valence-corrected chi connectivity index (χ2v) is 10.4. The summed E-state index contributed by atoms with van der Waals surface area (Å²) in [7, 11) is 3.60. The molecule has 1 aromatic heterocycles. The minimum atomic E-state index is -0.362. The van der Waals surface area contributed by atoms with E-state index in [1.807, 2.05) is 66.3 Å². The molecule has 40 heavy (non-hydrogen) atoms. The van der Waals surface area contributed by atoms with Crippen LogP contribution in [0.15, 0.2) is 84.0 Å². The molecule has 8 heteroatoms. The van der Waals surface area contributed by atoms with Crippen LogP contribution >= 0.6 is 0 Å². The molecular formula is C32H35N5O3. The van der Waals surface area contributed by atoms with Crippen molar-refractivity contribution in [3.05, 3.63) is 101 Å². The third kappa shape index (κ3) is 6.64. The van der Waals surface area contributed by atoms with Crippen LogP contribution in [0.25, 0.3) is 11.3 Å². The van der Waals surface area contributed by atoms with E-state index >= 15 is 0 Å². The number of nitrogens with zero attached hydrogens (tertiary/aromatic N) is 3. The van der Waals surface area contributed by atoms with Gasteiger partial charge in [0.25, 0.3) is 5.91 Å². The standard InChI is InChI=1S/C32H35N5O3/c1-7-40-31(39)22-13-17-25(18-14-22)34-28-29(33-5)37(6)20-27(36-28)23-9-8-10-26(19-23)35-30(38)21-11-15-24(16-12-21)32(2,3)4/h8-20H,7H2,1-6H3,(H,34,36)(H,35,38). The molecule has 8 nitrogen and oxygen atoms in total. The Kier molecular flexibility index (Phi) is 8.48. The van der Waals surface area contributed by atoms with E-state index in [0.29, 0.717) is 40.4 Å². The van der Waals surface area contributed by atoms with Crippen LogP contribution in [-0.4, -0.2) is 35.1 Å². The van der Waals surface area contributed by atoms with Gasteiger partial charge in [-0.05, 0) is 66.4 Å². The summed E-state index contributed by atoms with van der Waals surface area (Å²) in [5, 5.41) is 6.30. The number of amides is 1. The number of carbonyl (C=O) groups excluding carboxylic acids is 2. The second-order valence-electron chi connectivity index (χ2n) is 10.4. The number of anilines is 3. The van der Waals surface area contributed by atoms with Crippen LogP contribution in [0.4, 0.5) is 17.2 Å². The van der Waals surface area contributed by atoms with Crippen molar-refractivity contribution >= 4 is 29.1 Å². The van der Waals surface area contributed by atoms with E-state index in [2.05, 4.69) is 36.4 Å². The molecule has 0 aliphatic carbocycles. The molecule has 1 heterocycles. The number of esters is 1. The summed E-state index contributed by atoms with van der Waals surface area (Å²) in [5.41, 5.74) is 5.87. The van der Waals surface area contributed by atoms with Gasteiger partial charge in [0.15, 0.2) is 11.3 Å². The van der Waals surface area contributed by atoms with Gasteiger partial charge in [0.1, 0.15) is 0 Å². The number of aromatic nitrogens is 2. The monoisotopic (exact) mass is 537 g/mol. The van der Waals surface area contributed by atoms with Crippen LogP contribution in [0, 0.1) is 0 Å². The highest BCUT2D eigenvalue weighted by Crippen LogP contribution is 2.24. The summed E-state index contributed by atoms with van der Waals surface area (Å²) in [6.45, 7) is 8.53. The Labute approximate surface area is 234 Å². The fourth-order valence-corrected chi connectivity index (χ4v) is 4.22. The largest absolute Gasteiger partial charge is 0.462 e. The van der Waals surface area contributed by atoms with E-state index in [9.17, 15) is 9.59 Å². The summed E-state index contributed by atoms with van der Waals surface area (Å²) >= 11 is 0. The van der Waals surface area contributed by atoms with Crippen LogP contribution in [0.5, 0.6) is 0 Å². The molecule has 0 bridgehead atoms. The minimum Gasteiger partial charge on any atom is -0.462 e. The van der Waals surface area contributed by atoms with Gasteiger partial charge in [0.2, 0.25) is 0 Å². The van der Waals surface area contributed by atoms with Crippen LogP contribution in [0.2, 0.25) is 0 Å². The lowest BCUT2D eigenvalue weighted by Crippen LogP contribution is -2.23. The van der Waals surface area contributed by atoms with Crippen molar-refractivity contribution in [1.29, 1.82) is 0 Å². The zero-order chi connectivity index (χ0) is 28.9. The summed E-state index contributed by atoms with van der Waals surface area (Å²) in [5.74, 6) is 0.0170. The highest BCUT2D eigenvalue weighted by molar-refractivity contribution is 6.04. The van der Waals surface area contributed by atoms with Gasteiger partial charge in [0, 0.05) is 42.8 Å². The number of hydrogen-bond donors (Lipinski definition) is 2. The molecule has 0 fully saturated rings. The number of carbonyl (C=O) groups is 2. The first-order chi connectivity index (χ1) is 19.1. The normalized spacial score (nSPS) is 11.7. The van der Waals surface area contributed by atoms with E-state index in [0.717, 1.165) is 11.3 Å². The van der Waals surface area contributed by atoms with E-state index in [1.54, 1.807) is 38.2 Å².